The van der Waals surface area contributed by atoms with E-state index in [1.165, 1.54) is 6.07 Å². The highest BCUT2D eigenvalue weighted by Gasteiger charge is 2.07. The molecule has 0 aliphatic carbocycles. The quantitative estimate of drug-likeness (QED) is 0.327. The first-order valence-corrected chi connectivity index (χ1v) is 3.73. The van der Waals surface area contributed by atoms with Gasteiger partial charge in [0.25, 0.3) is 0 Å². The van der Waals surface area contributed by atoms with Crippen molar-refractivity contribution in [1.82, 2.24) is 0 Å². The second-order valence-electron chi connectivity index (χ2n) is 2.01. The summed E-state index contributed by atoms with van der Waals surface area (Å²) < 4.78 is 12.7. The number of hydrogen-bond donors (Lipinski definition) is 1. The fourth-order valence-corrected chi connectivity index (χ4v) is 1.08. The normalized spacial score (nSPS) is 10.9. The summed E-state index contributed by atoms with van der Waals surface area (Å²) in [6.07, 6.45) is 1.08. The van der Waals surface area contributed by atoms with Crippen molar-refractivity contribution in [2.75, 3.05) is 0 Å². The largest absolute Gasteiger partial charge is 0.411 e. The van der Waals surface area contributed by atoms with Crippen LogP contribution < -0.4 is 0 Å². The number of halogens is 3. The molecule has 1 aromatic rings. The second kappa shape index (κ2) is 3.74. The topological polar surface area (TPSA) is 32.6 Å². The number of oxime groups is 1. The summed E-state index contributed by atoms with van der Waals surface area (Å²) >= 11 is 11.1. The zero-order valence-corrected chi connectivity index (χ0v) is 7.27. The van der Waals surface area contributed by atoms with Gasteiger partial charge in [0.1, 0.15) is 5.82 Å². The molecule has 0 unspecified atom stereocenters. The summed E-state index contributed by atoms with van der Waals surface area (Å²) in [4.78, 5) is 0. The summed E-state index contributed by atoms with van der Waals surface area (Å²) in [5, 5.41) is 10.8. The molecule has 0 amide bonds. The molecule has 0 bridgehead atoms. The van der Waals surface area contributed by atoms with Crippen molar-refractivity contribution in [3.63, 3.8) is 0 Å². The van der Waals surface area contributed by atoms with Crippen LogP contribution in [0.25, 0.3) is 0 Å². The monoisotopic (exact) mass is 207 g/mol. The summed E-state index contributed by atoms with van der Waals surface area (Å²) in [5.74, 6) is -0.600. The molecule has 1 rings (SSSR count). The van der Waals surface area contributed by atoms with E-state index in [9.17, 15) is 4.39 Å². The van der Waals surface area contributed by atoms with Gasteiger partial charge in [0.2, 0.25) is 0 Å². The van der Waals surface area contributed by atoms with E-state index in [2.05, 4.69) is 5.16 Å². The van der Waals surface area contributed by atoms with Crippen LogP contribution in [0, 0.1) is 5.82 Å². The smallest absolute Gasteiger partial charge is 0.143 e. The Morgan fingerprint density at radius 3 is 2.58 bits per heavy atom. The van der Waals surface area contributed by atoms with E-state index in [0.717, 1.165) is 12.3 Å². The Hall–Kier alpha value is -0.800. The molecule has 5 heteroatoms. The van der Waals surface area contributed by atoms with E-state index < -0.39 is 5.82 Å². The lowest BCUT2D eigenvalue weighted by Crippen LogP contribution is -1.86. The molecule has 1 aromatic carbocycles. The fourth-order valence-electron chi connectivity index (χ4n) is 0.703. The fraction of sp³-hybridized carbons (Fsp3) is 0. The van der Waals surface area contributed by atoms with Crippen molar-refractivity contribution in [3.8, 4) is 0 Å². The molecule has 12 heavy (non-hydrogen) atoms. The molecule has 0 atom stereocenters. The van der Waals surface area contributed by atoms with E-state index >= 15 is 0 Å². The SMILES string of the molecule is O/N=C\c1ccc(F)c(Cl)c1Cl. The molecule has 0 radical (unpaired) electrons. The predicted octanol–water partition coefficient (Wildman–Crippen LogP) is 2.94. The molecule has 0 fully saturated rings. The molecule has 1 N–H and O–H groups in total. The Bertz CT molecular complexity index is 327. The zero-order valence-electron chi connectivity index (χ0n) is 5.76. The van der Waals surface area contributed by atoms with Crippen molar-refractivity contribution >= 4 is 29.4 Å². The van der Waals surface area contributed by atoms with Crippen LogP contribution in [0.2, 0.25) is 10.0 Å². The molecule has 0 saturated heterocycles. The van der Waals surface area contributed by atoms with Gasteiger partial charge in [0, 0.05) is 5.56 Å². The van der Waals surface area contributed by atoms with Crippen LogP contribution in [-0.4, -0.2) is 11.4 Å². The van der Waals surface area contributed by atoms with Crippen molar-refractivity contribution in [3.05, 3.63) is 33.6 Å². The van der Waals surface area contributed by atoms with Gasteiger partial charge in [-0.15, -0.1) is 0 Å². The highest BCUT2D eigenvalue weighted by Crippen LogP contribution is 2.27. The molecule has 0 aliphatic rings. The van der Waals surface area contributed by atoms with Gasteiger partial charge in [-0.2, -0.15) is 0 Å². The van der Waals surface area contributed by atoms with Crippen LogP contribution in [0.15, 0.2) is 17.3 Å². The van der Waals surface area contributed by atoms with Crippen molar-refractivity contribution in [1.29, 1.82) is 0 Å². The van der Waals surface area contributed by atoms with Crippen molar-refractivity contribution in [2.45, 2.75) is 0 Å². The van der Waals surface area contributed by atoms with Crippen LogP contribution in [0.4, 0.5) is 4.39 Å². The van der Waals surface area contributed by atoms with Gasteiger partial charge in [-0.25, -0.2) is 4.39 Å². The molecule has 2 nitrogen and oxygen atoms in total. The summed E-state index contributed by atoms with van der Waals surface area (Å²) in [5.41, 5.74) is 0.366. The van der Waals surface area contributed by atoms with E-state index in [0.29, 0.717) is 5.56 Å². The van der Waals surface area contributed by atoms with Gasteiger partial charge in [-0.1, -0.05) is 28.4 Å². The van der Waals surface area contributed by atoms with E-state index in [4.69, 9.17) is 28.4 Å². The number of nitrogens with zero attached hydrogens (tertiary/aromatic N) is 1. The Morgan fingerprint density at radius 2 is 2.00 bits per heavy atom. The Morgan fingerprint density at radius 1 is 1.33 bits per heavy atom. The molecule has 0 heterocycles. The Labute approximate surface area is 78.2 Å². The molecular weight excluding hydrogens is 204 g/mol. The van der Waals surface area contributed by atoms with Crippen LogP contribution in [0.5, 0.6) is 0 Å². The maximum absolute atomic E-state index is 12.7. The standard InChI is InChI=1S/C7H4Cl2FNO/c8-6-4(3-11-12)1-2-5(10)7(6)9/h1-3,12H/b11-3-. The van der Waals surface area contributed by atoms with Gasteiger partial charge in [0.15, 0.2) is 0 Å². The first-order chi connectivity index (χ1) is 5.66. The number of rotatable bonds is 1. The van der Waals surface area contributed by atoms with Crippen molar-refractivity contribution in [2.24, 2.45) is 5.16 Å². The number of hydrogen-bond acceptors (Lipinski definition) is 2. The highest BCUT2D eigenvalue weighted by molar-refractivity contribution is 6.43. The molecule has 0 aliphatic heterocycles. The summed E-state index contributed by atoms with van der Waals surface area (Å²) in [6, 6.07) is 2.51. The van der Waals surface area contributed by atoms with Crippen LogP contribution in [-0.2, 0) is 0 Å². The van der Waals surface area contributed by atoms with Crippen molar-refractivity contribution < 1.29 is 9.60 Å². The van der Waals surface area contributed by atoms with Crippen LogP contribution >= 0.6 is 23.2 Å². The van der Waals surface area contributed by atoms with Gasteiger partial charge in [-0.3, -0.25) is 0 Å². The Balaban J connectivity index is 3.26. The molecule has 0 spiro atoms. The summed E-state index contributed by atoms with van der Waals surface area (Å²) in [6.45, 7) is 0. The van der Waals surface area contributed by atoms with E-state index in [-0.39, 0.29) is 10.0 Å². The summed E-state index contributed by atoms with van der Waals surface area (Å²) in [7, 11) is 0. The van der Waals surface area contributed by atoms with Gasteiger partial charge in [-0.05, 0) is 12.1 Å². The third-order valence-electron chi connectivity index (χ3n) is 1.26. The first kappa shape index (κ1) is 9.29. The average molecular weight is 208 g/mol. The minimum Gasteiger partial charge on any atom is -0.411 e. The van der Waals surface area contributed by atoms with Crippen LogP contribution in [0.3, 0.4) is 0 Å². The van der Waals surface area contributed by atoms with Gasteiger partial charge >= 0.3 is 0 Å². The third kappa shape index (κ3) is 1.68. The van der Waals surface area contributed by atoms with Gasteiger partial charge in [0.05, 0.1) is 16.3 Å². The second-order valence-corrected chi connectivity index (χ2v) is 2.77. The van der Waals surface area contributed by atoms with E-state index in [1.807, 2.05) is 0 Å². The predicted molar refractivity (Wildman–Crippen MR) is 45.8 cm³/mol. The lowest BCUT2D eigenvalue weighted by atomic mass is 10.2. The lowest BCUT2D eigenvalue weighted by molar-refractivity contribution is 0.322. The van der Waals surface area contributed by atoms with E-state index in [1.54, 1.807) is 0 Å². The average Bonchev–Trinajstić information content (AvgIpc) is 2.07. The molecular formula is C7H4Cl2FNO. The third-order valence-corrected chi connectivity index (χ3v) is 2.14. The maximum atomic E-state index is 12.7. The van der Waals surface area contributed by atoms with Gasteiger partial charge < -0.3 is 5.21 Å². The lowest BCUT2D eigenvalue weighted by Gasteiger charge is -1.99. The zero-order chi connectivity index (χ0) is 9.14. The molecule has 0 aromatic heterocycles. The maximum Gasteiger partial charge on any atom is 0.143 e. The number of benzene rings is 1. The minimum atomic E-state index is -0.600. The molecule has 64 valence electrons. The molecule has 0 saturated carbocycles. The van der Waals surface area contributed by atoms with Crippen LogP contribution in [0.1, 0.15) is 5.56 Å². The highest BCUT2D eigenvalue weighted by atomic mass is 35.5. The first-order valence-electron chi connectivity index (χ1n) is 2.97. The minimum absolute atomic E-state index is 0.0365. The Kier molecular flexibility index (Phi) is 2.89.